The molecule has 0 atom stereocenters. The number of hydrogen-bond acceptors (Lipinski definition) is 7. The van der Waals surface area contributed by atoms with Crippen LogP contribution in [0.5, 0.6) is 17.2 Å². The summed E-state index contributed by atoms with van der Waals surface area (Å²) < 4.78 is 17.2. The molecule has 0 radical (unpaired) electrons. The van der Waals surface area contributed by atoms with Crippen molar-refractivity contribution in [2.75, 3.05) is 24.8 Å². The molecular weight excluding hydrogens is 474 g/mol. The maximum atomic E-state index is 12.7. The molecule has 0 unspecified atom stereocenters. The normalized spacial score (nSPS) is 10.6. The Kier molecular flexibility index (Phi) is 9.81. The number of amides is 1. The lowest BCUT2D eigenvalue weighted by molar-refractivity contribution is -0.112. The van der Waals surface area contributed by atoms with Crippen molar-refractivity contribution in [2.45, 2.75) is 18.4 Å². The van der Waals surface area contributed by atoms with Crippen LogP contribution in [0, 0.1) is 22.7 Å². The SMILES string of the molecule is CCOc1cc(/C=C(/C#N)C(=O)Nc2cccc(SC)c2)ccc1OCc1ccccc1OCC#N. The van der Waals surface area contributed by atoms with E-state index in [9.17, 15) is 10.1 Å². The van der Waals surface area contributed by atoms with E-state index in [2.05, 4.69) is 5.32 Å². The van der Waals surface area contributed by atoms with E-state index in [1.807, 2.05) is 61.7 Å². The topological polar surface area (TPSA) is 104 Å². The summed E-state index contributed by atoms with van der Waals surface area (Å²) in [5.41, 5.74) is 1.98. The van der Waals surface area contributed by atoms with Gasteiger partial charge in [-0.15, -0.1) is 11.8 Å². The summed E-state index contributed by atoms with van der Waals surface area (Å²) in [6.45, 7) is 2.41. The Bertz CT molecular complexity index is 1320. The molecule has 1 amide bonds. The maximum Gasteiger partial charge on any atom is 0.266 e. The molecule has 8 heteroatoms. The second kappa shape index (κ2) is 13.5. The summed E-state index contributed by atoms with van der Waals surface area (Å²) in [5, 5.41) is 21.1. The number of carbonyl (C=O) groups is 1. The zero-order chi connectivity index (χ0) is 25.8. The molecule has 0 aromatic heterocycles. The van der Waals surface area contributed by atoms with E-state index in [4.69, 9.17) is 19.5 Å². The Morgan fingerprint density at radius 1 is 0.972 bits per heavy atom. The first-order chi connectivity index (χ1) is 17.6. The molecule has 7 nitrogen and oxygen atoms in total. The van der Waals surface area contributed by atoms with E-state index in [0.29, 0.717) is 35.1 Å². The van der Waals surface area contributed by atoms with Crippen molar-refractivity contribution in [3.63, 3.8) is 0 Å². The number of ether oxygens (including phenoxy) is 3. The van der Waals surface area contributed by atoms with Gasteiger partial charge in [-0.05, 0) is 61.2 Å². The smallest absolute Gasteiger partial charge is 0.266 e. The third-order valence-electron chi connectivity index (χ3n) is 4.92. The van der Waals surface area contributed by atoms with Gasteiger partial charge in [-0.25, -0.2) is 0 Å². The number of anilines is 1. The van der Waals surface area contributed by atoms with Crippen LogP contribution in [0.1, 0.15) is 18.1 Å². The third kappa shape index (κ3) is 7.30. The Morgan fingerprint density at radius 2 is 1.81 bits per heavy atom. The van der Waals surface area contributed by atoms with Crippen molar-refractivity contribution < 1.29 is 19.0 Å². The minimum atomic E-state index is -0.497. The van der Waals surface area contributed by atoms with Gasteiger partial charge in [0.1, 0.15) is 30.1 Å². The van der Waals surface area contributed by atoms with Gasteiger partial charge in [0.15, 0.2) is 18.1 Å². The van der Waals surface area contributed by atoms with Crippen LogP contribution in [0.15, 0.2) is 77.2 Å². The maximum absolute atomic E-state index is 12.7. The number of hydrogen-bond donors (Lipinski definition) is 1. The first kappa shape index (κ1) is 26.2. The summed E-state index contributed by atoms with van der Waals surface area (Å²) in [4.78, 5) is 13.7. The van der Waals surface area contributed by atoms with Crippen LogP contribution in [0.4, 0.5) is 5.69 Å². The second-order valence-electron chi connectivity index (χ2n) is 7.34. The number of benzene rings is 3. The number of nitrogens with zero attached hydrogens (tertiary/aromatic N) is 2. The predicted molar refractivity (Wildman–Crippen MR) is 140 cm³/mol. The van der Waals surface area contributed by atoms with Gasteiger partial charge in [-0.2, -0.15) is 10.5 Å². The summed E-state index contributed by atoms with van der Waals surface area (Å²) >= 11 is 1.56. The van der Waals surface area contributed by atoms with E-state index in [1.54, 1.807) is 42.1 Å². The van der Waals surface area contributed by atoms with Gasteiger partial charge in [0, 0.05) is 16.1 Å². The number of para-hydroxylation sites is 1. The highest BCUT2D eigenvalue weighted by Gasteiger charge is 2.13. The van der Waals surface area contributed by atoms with Crippen LogP contribution in [0.2, 0.25) is 0 Å². The van der Waals surface area contributed by atoms with Gasteiger partial charge in [0.05, 0.1) is 6.61 Å². The van der Waals surface area contributed by atoms with Crippen LogP contribution in [0.25, 0.3) is 6.08 Å². The minimum absolute atomic E-state index is 0.0377. The highest BCUT2D eigenvalue weighted by atomic mass is 32.2. The standard InChI is InChI=1S/C28H25N3O4S/c1-3-33-27-16-20(15-22(18-30)28(32)31-23-8-6-9-24(17-23)36-2)11-12-26(27)35-19-21-7-4-5-10-25(21)34-14-13-29/h4-12,15-17H,3,14,19H2,1-2H3,(H,31,32)/b22-15-. The van der Waals surface area contributed by atoms with Crippen molar-refractivity contribution in [1.29, 1.82) is 10.5 Å². The fourth-order valence-electron chi connectivity index (χ4n) is 3.25. The first-order valence-electron chi connectivity index (χ1n) is 11.1. The predicted octanol–water partition coefficient (Wildman–Crippen LogP) is 5.83. The molecule has 0 aliphatic rings. The van der Waals surface area contributed by atoms with Crippen LogP contribution in [-0.4, -0.2) is 25.4 Å². The van der Waals surface area contributed by atoms with Crippen molar-refractivity contribution >= 4 is 29.4 Å². The van der Waals surface area contributed by atoms with Crippen molar-refractivity contribution in [1.82, 2.24) is 0 Å². The van der Waals surface area contributed by atoms with Crippen LogP contribution >= 0.6 is 11.8 Å². The lowest BCUT2D eigenvalue weighted by Crippen LogP contribution is -2.13. The van der Waals surface area contributed by atoms with Crippen molar-refractivity contribution in [2.24, 2.45) is 0 Å². The molecule has 0 saturated heterocycles. The molecule has 3 rings (SSSR count). The monoisotopic (exact) mass is 499 g/mol. The number of carbonyl (C=O) groups excluding carboxylic acids is 1. The van der Waals surface area contributed by atoms with Gasteiger partial charge < -0.3 is 19.5 Å². The Hall–Kier alpha value is -4.40. The summed E-state index contributed by atoms with van der Waals surface area (Å²) in [6, 6.07) is 23.8. The number of nitriles is 2. The van der Waals surface area contributed by atoms with E-state index in [1.165, 1.54) is 6.08 Å². The average molecular weight is 500 g/mol. The quantitative estimate of drug-likeness (QED) is 0.201. The molecule has 0 fully saturated rings. The Morgan fingerprint density at radius 3 is 2.56 bits per heavy atom. The summed E-state index contributed by atoms with van der Waals surface area (Å²) in [7, 11) is 0. The van der Waals surface area contributed by atoms with Crippen LogP contribution < -0.4 is 19.5 Å². The van der Waals surface area contributed by atoms with E-state index in [0.717, 1.165) is 10.5 Å². The van der Waals surface area contributed by atoms with Gasteiger partial charge in [0.2, 0.25) is 0 Å². The van der Waals surface area contributed by atoms with E-state index < -0.39 is 5.91 Å². The summed E-state index contributed by atoms with van der Waals surface area (Å²) in [6.07, 6.45) is 3.46. The molecule has 0 saturated carbocycles. The van der Waals surface area contributed by atoms with Gasteiger partial charge in [-0.1, -0.05) is 30.3 Å². The van der Waals surface area contributed by atoms with Gasteiger partial charge in [0.25, 0.3) is 5.91 Å². The lowest BCUT2D eigenvalue weighted by atomic mass is 10.1. The molecule has 1 N–H and O–H groups in total. The van der Waals surface area contributed by atoms with Crippen molar-refractivity contribution in [3.05, 3.63) is 83.4 Å². The third-order valence-corrected chi connectivity index (χ3v) is 5.64. The molecule has 0 bridgehead atoms. The van der Waals surface area contributed by atoms with Crippen LogP contribution in [0.3, 0.4) is 0 Å². The molecular formula is C28H25N3O4S. The number of rotatable bonds is 11. The summed E-state index contributed by atoms with van der Waals surface area (Å²) in [5.74, 6) is 1.06. The number of nitrogens with one attached hydrogen (secondary N) is 1. The highest BCUT2D eigenvalue weighted by molar-refractivity contribution is 7.98. The molecule has 0 aliphatic carbocycles. The first-order valence-corrected chi connectivity index (χ1v) is 12.3. The van der Waals surface area contributed by atoms with E-state index in [-0.39, 0.29) is 18.8 Å². The Balaban J connectivity index is 1.78. The zero-order valence-corrected chi connectivity index (χ0v) is 20.8. The molecule has 0 aliphatic heterocycles. The van der Waals surface area contributed by atoms with Gasteiger partial charge in [-0.3, -0.25) is 4.79 Å². The molecule has 36 heavy (non-hydrogen) atoms. The average Bonchev–Trinajstić information content (AvgIpc) is 2.90. The minimum Gasteiger partial charge on any atom is -0.490 e. The lowest BCUT2D eigenvalue weighted by Gasteiger charge is -2.14. The molecule has 0 heterocycles. The Labute approximate surface area is 214 Å². The molecule has 3 aromatic rings. The fourth-order valence-corrected chi connectivity index (χ4v) is 3.71. The zero-order valence-electron chi connectivity index (χ0n) is 20.0. The van der Waals surface area contributed by atoms with Gasteiger partial charge >= 0.3 is 0 Å². The van der Waals surface area contributed by atoms with Crippen LogP contribution in [-0.2, 0) is 11.4 Å². The molecule has 182 valence electrons. The highest BCUT2D eigenvalue weighted by Crippen LogP contribution is 2.31. The van der Waals surface area contributed by atoms with Crippen molar-refractivity contribution in [3.8, 4) is 29.4 Å². The fraction of sp³-hybridized carbons (Fsp3) is 0.179. The van der Waals surface area contributed by atoms with E-state index >= 15 is 0 Å². The second-order valence-corrected chi connectivity index (χ2v) is 8.22. The largest absolute Gasteiger partial charge is 0.490 e. The molecule has 3 aromatic carbocycles. The molecule has 0 spiro atoms. The number of thioether (sulfide) groups is 1.